The van der Waals surface area contributed by atoms with E-state index in [0.717, 1.165) is 23.2 Å². The Kier molecular flexibility index (Phi) is 6.62. The molecule has 3 heterocycles. The number of hydrogen-bond donors (Lipinski definition) is 0. The number of pyridine rings is 1. The summed E-state index contributed by atoms with van der Waals surface area (Å²) in [5.74, 6) is -0.264. The molecule has 0 fully saturated rings. The van der Waals surface area contributed by atoms with E-state index in [0.29, 0.717) is 42.4 Å². The molecule has 1 atom stereocenters. The highest BCUT2D eigenvalue weighted by Crippen LogP contribution is 2.31. The fraction of sp³-hybridized carbons (Fsp3) is 0.417. The first-order valence-electron chi connectivity index (χ1n) is 10.8. The van der Waals surface area contributed by atoms with E-state index < -0.39 is 0 Å². The van der Waals surface area contributed by atoms with Gasteiger partial charge in [0.25, 0.3) is 5.56 Å². The Bertz CT molecular complexity index is 1200. The molecule has 0 spiro atoms. The predicted molar refractivity (Wildman–Crippen MR) is 124 cm³/mol. The topological polar surface area (TPSA) is 83.3 Å². The summed E-state index contributed by atoms with van der Waals surface area (Å²) in [5.41, 5.74) is 2.79. The smallest absolute Gasteiger partial charge is 0.316 e. The van der Waals surface area contributed by atoms with E-state index in [9.17, 15) is 9.59 Å². The SMILES string of the molecule is CCOC(=O)CSc1nc2nc3c(cc2c(=O)n1Cc1ccccc1)COC(C)(CC)C3. The van der Waals surface area contributed by atoms with Gasteiger partial charge in [0.2, 0.25) is 0 Å². The summed E-state index contributed by atoms with van der Waals surface area (Å²) in [5, 5.41) is 0.918. The van der Waals surface area contributed by atoms with Crippen molar-refractivity contribution in [3.63, 3.8) is 0 Å². The molecule has 0 saturated carbocycles. The number of thioether (sulfide) groups is 1. The molecule has 32 heavy (non-hydrogen) atoms. The lowest BCUT2D eigenvalue weighted by Crippen LogP contribution is -2.35. The number of aromatic nitrogens is 3. The van der Waals surface area contributed by atoms with E-state index in [-0.39, 0.29) is 22.9 Å². The van der Waals surface area contributed by atoms with E-state index >= 15 is 0 Å². The van der Waals surface area contributed by atoms with Crippen LogP contribution in [0.25, 0.3) is 11.0 Å². The maximum atomic E-state index is 13.5. The third kappa shape index (κ3) is 4.71. The molecule has 0 saturated heterocycles. The lowest BCUT2D eigenvalue weighted by atomic mass is 9.91. The molecule has 0 bridgehead atoms. The highest BCUT2D eigenvalue weighted by Gasteiger charge is 2.31. The zero-order chi connectivity index (χ0) is 22.7. The standard InChI is InChI=1S/C24H27N3O4S/c1-4-24(3)12-19-17(14-31-24)11-18-21(25-19)26-23(32-15-20(28)30-5-2)27(22(18)29)13-16-9-7-6-8-10-16/h6-11H,4-5,12-15H2,1-3H3. The van der Waals surface area contributed by atoms with Crippen molar-refractivity contribution in [2.75, 3.05) is 12.4 Å². The Morgan fingerprint density at radius 2 is 2.03 bits per heavy atom. The molecule has 0 amide bonds. The molecule has 168 valence electrons. The number of rotatable bonds is 7. The third-order valence-electron chi connectivity index (χ3n) is 5.75. The largest absolute Gasteiger partial charge is 0.465 e. The number of ether oxygens (including phenoxy) is 2. The molecule has 1 aliphatic rings. The molecule has 2 aromatic heterocycles. The number of esters is 1. The van der Waals surface area contributed by atoms with Gasteiger partial charge in [0.05, 0.1) is 42.2 Å². The van der Waals surface area contributed by atoms with Gasteiger partial charge in [-0.15, -0.1) is 0 Å². The second-order valence-electron chi connectivity index (χ2n) is 8.10. The third-order valence-corrected chi connectivity index (χ3v) is 6.70. The molecule has 0 aliphatic carbocycles. The molecule has 1 unspecified atom stereocenters. The second kappa shape index (κ2) is 9.42. The maximum Gasteiger partial charge on any atom is 0.316 e. The Balaban J connectivity index is 1.79. The molecule has 0 N–H and O–H groups in total. The molecule has 1 aliphatic heterocycles. The minimum Gasteiger partial charge on any atom is -0.465 e. The van der Waals surface area contributed by atoms with Crippen LogP contribution in [0, 0.1) is 0 Å². The van der Waals surface area contributed by atoms with Crippen LogP contribution in [0.4, 0.5) is 0 Å². The summed E-state index contributed by atoms with van der Waals surface area (Å²) in [4.78, 5) is 34.9. The zero-order valence-corrected chi connectivity index (χ0v) is 19.4. The van der Waals surface area contributed by atoms with Crippen molar-refractivity contribution in [3.8, 4) is 0 Å². The van der Waals surface area contributed by atoms with Crippen LogP contribution in [0.2, 0.25) is 0 Å². The van der Waals surface area contributed by atoms with Gasteiger partial charge in [0.1, 0.15) is 0 Å². The van der Waals surface area contributed by atoms with E-state index in [2.05, 4.69) is 13.8 Å². The van der Waals surface area contributed by atoms with Crippen LogP contribution < -0.4 is 5.56 Å². The number of nitrogens with zero attached hydrogens (tertiary/aromatic N) is 3. The van der Waals surface area contributed by atoms with Gasteiger partial charge in [-0.25, -0.2) is 9.97 Å². The van der Waals surface area contributed by atoms with Crippen molar-refractivity contribution >= 4 is 28.8 Å². The summed E-state index contributed by atoms with van der Waals surface area (Å²) in [7, 11) is 0. The fourth-order valence-electron chi connectivity index (χ4n) is 3.71. The monoisotopic (exact) mass is 453 g/mol. The van der Waals surface area contributed by atoms with Gasteiger partial charge in [-0.05, 0) is 31.9 Å². The summed E-state index contributed by atoms with van der Waals surface area (Å²) in [6.07, 6.45) is 1.55. The first-order valence-corrected chi connectivity index (χ1v) is 11.8. The summed E-state index contributed by atoms with van der Waals surface area (Å²) in [6, 6.07) is 11.6. The number of carbonyl (C=O) groups excluding carboxylic acids is 1. The summed E-state index contributed by atoms with van der Waals surface area (Å²) < 4.78 is 12.7. The van der Waals surface area contributed by atoms with Crippen LogP contribution in [0.15, 0.2) is 46.3 Å². The van der Waals surface area contributed by atoms with Gasteiger partial charge >= 0.3 is 5.97 Å². The van der Waals surface area contributed by atoms with Crippen LogP contribution in [0.1, 0.15) is 44.0 Å². The molecule has 1 aromatic carbocycles. The highest BCUT2D eigenvalue weighted by atomic mass is 32.2. The number of hydrogen-bond acceptors (Lipinski definition) is 7. The first-order chi connectivity index (χ1) is 15.4. The van der Waals surface area contributed by atoms with Gasteiger partial charge in [-0.3, -0.25) is 14.2 Å². The Hall–Kier alpha value is -2.71. The van der Waals surface area contributed by atoms with Crippen LogP contribution >= 0.6 is 11.8 Å². The summed E-state index contributed by atoms with van der Waals surface area (Å²) >= 11 is 1.20. The van der Waals surface area contributed by atoms with Crippen LogP contribution in [-0.4, -0.2) is 38.5 Å². The lowest BCUT2D eigenvalue weighted by molar-refractivity contribution is -0.139. The van der Waals surface area contributed by atoms with Crippen molar-refractivity contribution in [3.05, 3.63) is 63.6 Å². The quantitative estimate of drug-likeness (QED) is 0.306. The zero-order valence-electron chi connectivity index (χ0n) is 18.6. The molecule has 3 aromatic rings. The number of carbonyl (C=O) groups is 1. The molecule has 4 rings (SSSR count). The van der Waals surface area contributed by atoms with Crippen LogP contribution in [0.5, 0.6) is 0 Å². The van der Waals surface area contributed by atoms with Gasteiger partial charge in [-0.2, -0.15) is 0 Å². The Morgan fingerprint density at radius 1 is 1.25 bits per heavy atom. The van der Waals surface area contributed by atoms with Crippen molar-refractivity contribution in [1.82, 2.24) is 14.5 Å². The number of fused-ring (bicyclic) bond motifs is 2. The van der Waals surface area contributed by atoms with Crippen LogP contribution in [-0.2, 0) is 33.8 Å². The van der Waals surface area contributed by atoms with Crippen molar-refractivity contribution < 1.29 is 14.3 Å². The predicted octanol–water partition coefficient (Wildman–Crippen LogP) is 3.74. The molecular formula is C24H27N3O4S. The van der Waals surface area contributed by atoms with Gasteiger partial charge in [0.15, 0.2) is 10.8 Å². The average Bonchev–Trinajstić information content (AvgIpc) is 2.80. The Labute approximate surface area is 191 Å². The van der Waals surface area contributed by atoms with E-state index in [1.165, 1.54) is 11.8 Å². The van der Waals surface area contributed by atoms with Crippen LogP contribution in [0.3, 0.4) is 0 Å². The maximum absolute atomic E-state index is 13.5. The molecular weight excluding hydrogens is 426 g/mol. The van der Waals surface area contributed by atoms with Gasteiger partial charge in [-0.1, -0.05) is 49.0 Å². The minimum atomic E-state index is -0.340. The highest BCUT2D eigenvalue weighted by molar-refractivity contribution is 7.99. The fourth-order valence-corrected chi connectivity index (χ4v) is 4.50. The van der Waals surface area contributed by atoms with E-state index in [4.69, 9.17) is 19.4 Å². The minimum absolute atomic E-state index is 0.0766. The molecule has 7 nitrogen and oxygen atoms in total. The normalized spacial score (nSPS) is 17.8. The van der Waals surface area contributed by atoms with Crippen molar-refractivity contribution in [2.24, 2.45) is 0 Å². The lowest BCUT2D eigenvalue weighted by Gasteiger charge is -2.33. The molecule has 0 radical (unpaired) electrons. The molecule has 8 heteroatoms. The van der Waals surface area contributed by atoms with Gasteiger partial charge in [0, 0.05) is 12.0 Å². The first kappa shape index (κ1) is 22.5. The average molecular weight is 454 g/mol. The summed E-state index contributed by atoms with van der Waals surface area (Å²) in [6.45, 7) is 7.04. The van der Waals surface area contributed by atoms with Gasteiger partial charge < -0.3 is 9.47 Å². The second-order valence-corrected chi connectivity index (χ2v) is 9.04. The van der Waals surface area contributed by atoms with Crippen molar-refractivity contribution in [1.29, 1.82) is 0 Å². The van der Waals surface area contributed by atoms with Crippen molar-refractivity contribution in [2.45, 2.75) is 57.5 Å². The van der Waals surface area contributed by atoms with E-state index in [1.54, 1.807) is 11.5 Å². The van der Waals surface area contributed by atoms with E-state index in [1.807, 2.05) is 36.4 Å². The number of benzene rings is 1. The Morgan fingerprint density at radius 3 is 2.75 bits per heavy atom.